The topological polar surface area (TPSA) is 62.3 Å². The van der Waals surface area contributed by atoms with Gasteiger partial charge < -0.3 is 10.2 Å². The molecule has 1 heterocycles. The van der Waals surface area contributed by atoms with Crippen LogP contribution < -0.4 is 5.32 Å². The highest BCUT2D eigenvalue weighted by Gasteiger charge is 2.09. The quantitative estimate of drug-likeness (QED) is 0.787. The number of rotatable bonds is 3. The first-order valence-electron chi connectivity index (χ1n) is 4.60. The fraction of sp³-hybridized carbons (Fsp3) is 0.300. The standard InChI is InChI=1S/C10H12ClN3O2/c1-14(2)9(15)6-13-10(16)7-3-4-12-8(11)5-7/h3-5H,6H2,1-2H3,(H,13,16). The van der Waals surface area contributed by atoms with E-state index in [2.05, 4.69) is 10.3 Å². The fourth-order valence-corrected chi connectivity index (χ4v) is 1.13. The average molecular weight is 242 g/mol. The first kappa shape index (κ1) is 12.4. The third-order valence-electron chi connectivity index (χ3n) is 1.89. The molecule has 0 bridgehead atoms. The summed E-state index contributed by atoms with van der Waals surface area (Å²) >= 11 is 5.64. The molecule has 0 spiro atoms. The van der Waals surface area contributed by atoms with Crippen molar-refractivity contribution in [3.8, 4) is 0 Å². The molecule has 0 aliphatic carbocycles. The van der Waals surface area contributed by atoms with Gasteiger partial charge in [-0.25, -0.2) is 4.98 Å². The van der Waals surface area contributed by atoms with E-state index in [9.17, 15) is 9.59 Å². The number of pyridine rings is 1. The summed E-state index contributed by atoms with van der Waals surface area (Å²) in [6.45, 7) is -0.0359. The van der Waals surface area contributed by atoms with Crippen LogP contribution in [0.3, 0.4) is 0 Å². The van der Waals surface area contributed by atoms with Crippen molar-refractivity contribution in [3.63, 3.8) is 0 Å². The van der Waals surface area contributed by atoms with Crippen molar-refractivity contribution < 1.29 is 9.59 Å². The molecule has 1 aromatic heterocycles. The minimum Gasteiger partial charge on any atom is -0.347 e. The van der Waals surface area contributed by atoms with Crippen molar-refractivity contribution in [2.75, 3.05) is 20.6 Å². The maximum atomic E-state index is 11.6. The summed E-state index contributed by atoms with van der Waals surface area (Å²) in [5, 5.41) is 2.73. The number of carbonyl (C=O) groups excluding carboxylic acids is 2. The van der Waals surface area contributed by atoms with Crippen molar-refractivity contribution in [1.29, 1.82) is 0 Å². The van der Waals surface area contributed by atoms with E-state index in [1.54, 1.807) is 14.1 Å². The first-order chi connectivity index (χ1) is 7.50. The SMILES string of the molecule is CN(C)C(=O)CNC(=O)c1ccnc(Cl)c1. The molecular weight excluding hydrogens is 230 g/mol. The van der Waals surface area contributed by atoms with Crippen molar-refractivity contribution in [2.45, 2.75) is 0 Å². The minimum absolute atomic E-state index is 0.0359. The smallest absolute Gasteiger partial charge is 0.251 e. The summed E-state index contributed by atoms with van der Waals surface area (Å²) in [7, 11) is 3.25. The highest BCUT2D eigenvalue weighted by atomic mass is 35.5. The number of aromatic nitrogens is 1. The van der Waals surface area contributed by atoms with E-state index in [0.29, 0.717) is 5.56 Å². The van der Waals surface area contributed by atoms with Crippen molar-refractivity contribution in [1.82, 2.24) is 15.2 Å². The number of amides is 2. The predicted octanol–water partition coefficient (Wildman–Crippen LogP) is 0.553. The normalized spacial score (nSPS) is 9.69. The molecular formula is C10H12ClN3O2. The van der Waals surface area contributed by atoms with Gasteiger partial charge in [0.1, 0.15) is 5.15 Å². The Morgan fingerprint density at radius 1 is 1.50 bits per heavy atom. The van der Waals surface area contributed by atoms with Gasteiger partial charge >= 0.3 is 0 Å². The number of nitrogens with one attached hydrogen (secondary N) is 1. The molecule has 2 amide bonds. The van der Waals surface area contributed by atoms with Crippen LogP contribution >= 0.6 is 11.6 Å². The molecule has 0 saturated heterocycles. The zero-order chi connectivity index (χ0) is 12.1. The second-order valence-corrected chi connectivity index (χ2v) is 3.73. The lowest BCUT2D eigenvalue weighted by Crippen LogP contribution is -2.36. The van der Waals surface area contributed by atoms with E-state index in [1.165, 1.54) is 23.2 Å². The monoisotopic (exact) mass is 241 g/mol. The Kier molecular flexibility index (Phi) is 4.25. The summed E-state index contributed by atoms with van der Waals surface area (Å²) in [6, 6.07) is 2.97. The van der Waals surface area contributed by atoms with Crippen LogP contribution in [0.2, 0.25) is 5.15 Å². The molecule has 86 valence electrons. The van der Waals surface area contributed by atoms with Crippen LogP contribution in [0.4, 0.5) is 0 Å². The molecule has 0 radical (unpaired) electrons. The second-order valence-electron chi connectivity index (χ2n) is 3.34. The Balaban J connectivity index is 2.57. The van der Waals surface area contributed by atoms with E-state index < -0.39 is 0 Å². The Hall–Kier alpha value is -1.62. The van der Waals surface area contributed by atoms with E-state index in [4.69, 9.17) is 11.6 Å². The summed E-state index contributed by atoms with van der Waals surface area (Å²) in [5.41, 5.74) is 0.381. The number of likely N-dealkylation sites (N-methyl/N-ethyl adjacent to an activating group) is 1. The van der Waals surface area contributed by atoms with Gasteiger partial charge in [-0.3, -0.25) is 9.59 Å². The molecule has 0 aliphatic rings. The average Bonchev–Trinajstić information content (AvgIpc) is 2.25. The van der Waals surface area contributed by atoms with Crippen LogP contribution in [0.15, 0.2) is 18.3 Å². The maximum Gasteiger partial charge on any atom is 0.251 e. The van der Waals surface area contributed by atoms with Gasteiger partial charge in [0.25, 0.3) is 5.91 Å². The molecule has 0 aromatic carbocycles. The van der Waals surface area contributed by atoms with Gasteiger partial charge in [0, 0.05) is 25.9 Å². The summed E-state index contributed by atoms with van der Waals surface area (Å²) in [6.07, 6.45) is 1.44. The lowest BCUT2D eigenvalue weighted by molar-refractivity contribution is -0.127. The zero-order valence-corrected chi connectivity index (χ0v) is 9.78. The van der Waals surface area contributed by atoms with Crippen LogP contribution in [-0.4, -0.2) is 42.3 Å². The zero-order valence-electron chi connectivity index (χ0n) is 9.03. The van der Waals surface area contributed by atoms with Gasteiger partial charge in [-0.05, 0) is 12.1 Å². The minimum atomic E-state index is -0.348. The highest BCUT2D eigenvalue weighted by molar-refractivity contribution is 6.29. The molecule has 0 unspecified atom stereocenters. The van der Waals surface area contributed by atoms with E-state index >= 15 is 0 Å². The Bertz CT molecular complexity index is 407. The van der Waals surface area contributed by atoms with E-state index in [1.807, 2.05) is 0 Å². The summed E-state index contributed by atoms with van der Waals surface area (Å²) in [4.78, 5) is 27.9. The molecule has 1 rings (SSSR count). The van der Waals surface area contributed by atoms with Gasteiger partial charge in [-0.1, -0.05) is 11.6 Å². The van der Waals surface area contributed by atoms with Crippen LogP contribution in [0.25, 0.3) is 0 Å². The summed E-state index contributed by atoms with van der Waals surface area (Å²) in [5.74, 6) is -0.520. The Morgan fingerprint density at radius 2 is 2.19 bits per heavy atom. The van der Waals surface area contributed by atoms with Gasteiger partial charge in [0.2, 0.25) is 5.91 Å². The number of nitrogens with zero attached hydrogens (tertiary/aromatic N) is 2. The van der Waals surface area contributed by atoms with Gasteiger partial charge in [0.15, 0.2) is 0 Å². The number of halogens is 1. The molecule has 16 heavy (non-hydrogen) atoms. The molecule has 0 saturated carbocycles. The summed E-state index contributed by atoms with van der Waals surface area (Å²) < 4.78 is 0. The Labute approximate surface area is 98.4 Å². The molecule has 5 nitrogen and oxygen atoms in total. The third-order valence-corrected chi connectivity index (χ3v) is 2.09. The number of hydrogen-bond donors (Lipinski definition) is 1. The number of hydrogen-bond acceptors (Lipinski definition) is 3. The fourth-order valence-electron chi connectivity index (χ4n) is 0.960. The molecule has 0 aliphatic heterocycles. The maximum absolute atomic E-state index is 11.6. The van der Waals surface area contributed by atoms with Gasteiger partial charge in [-0.15, -0.1) is 0 Å². The van der Waals surface area contributed by atoms with Gasteiger partial charge in [-0.2, -0.15) is 0 Å². The lowest BCUT2D eigenvalue weighted by atomic mass is 10.2. The van der Waals surface area contributed by atoms with Gasteiger partial charge in [0.05, 0.1) is 6.54 Å². The van der Waals surface area contributed by atoms with Crippen LogP contribution in [-0.2, 0) is 4.79 Å². The van der Waals surface area contributed by atoms with Crippen molar-refractivity contribution in [2.24, 2.45) is 0 Å². The van der Waals surface area contributed by atoms with Crippen molar-refractivity contribution in [3.05, 3.63) is 29.0 Å². The molecule has 0 fully saturated rings. The highest BCUT2D eigenvalue weighted by Crippen LogP contribution is 2.06. The van der Waals surface area contributed by atoms with Crippen molar-refractivity contribution >= 4 is 23.4 Å². The largest absolute Gasteiger partial charge is 0.347 e. The molecule has 1 aromatic rings. The Morgan fingerprint density at radius 3 is 2.75 bits per heavy atom. The molecule has 0 atom stereocenters. The molecule has 6 heteroatoms. The first-order valence-corrected chi connectivity index (χ1v) is 4.98. The van der Waals surface area contributed by atoms with Crippen LogP contribution in [0, 0.1) is 0 Å². The number of carbonyl (C=O) groups is 2. The van der Waals surface area contributed by atoms with E-state index in [0.717, 1.165) is 0 Å². The van der Waals surface area contributed by atoms with Crippen LogP contribution in [0.1, 0.15) is 10.4 Å². The third kappa shape index (κ3) is 3.51. The predicted molar refractivity (Wildman–Crippen MR) is 60.3 cm³/mol. The van der Waals surface area contributed by atoms with E-state index in [-0.39, 0.29) is 23.5 Å². The molecule has 1 N–H and O–H groups in total. The lowest BCUT2D eigenvalue weighted by Gasteiger charge is -2.10. The van der Waals surface area contributed by atoms with Crippen LogP contribution in [0.5, 0.6) is 0 Å². The second kappa shape index (κ2) is 5.46.